The van der Waals surface area contributed by atoms with E-state index in [1.807, 2.05) is 12.2 Å². The number of nitrogens with one attached hydrogen (secondary N) is 1. The molecule has 1 aliphatic carbocycles. The van der Waals surface area contributed by atoms with Gasteiger partial charge in [0.05, 0.1) is 11.8 Å². The van der Waals surface area contributed by atoms with Crippen molar-refractivity contribution in [3.05, 3.63) is 47.8 Å². The number of carbonyl (C=O) groups is 3. The van der Waals surface area contributed by atoms with Crippen LogP contribution in [0.25, 0.3) is 0 Å². The van der Waals surface area contributed by atoms with E-state index in [1.54, 1.807) is 19.1 Å². The third-order valence-electron chi connectivity index (χ3n) is 5.22. The average molecular weight is 447 g/mol. The zero-order valence-electron chi connectivity index (χ0n) is 16.1. The lowest BCUT2D eigenvalue weighted by Gasteiger charge is -2.21. The molecule has 3 atom stereocenters. The van der Waals surface area contributed by atoms with Crippen LogP contribution in [0.2, 0.25) is 0 Å². The average Bonchev–Trinajstić information content (AvgIpc) is 3.30. The van der Waals surface area contributed by atoms with Gasteiger partial charge in [-0.25, -0.2) is 4.39 Å². The van der Waals surface area contributed by atoms with Crippen molar-refractivity contribution < 1.29 is 18.8 Å². The third kappa shape index (κ3) is 4.15. The molecule has 0 spiro atoms. The number of nitrogens with zero attached hydrogens (tertiary/aromatic N) is 3. The van der Waals surface area contributed by atoms with Gasteiger partial charge in [0.25, 0.3) is 0 Å². The number of fused-ring (bicyclic) bond motifs is 1. The van der Waals surface area contributed by atoms with Crippen LogP contribution in [-0.2, 0) is 20.1 Å². The van der Waals surface area contributed by atoms with Crippen LogP contribution in [0.15, 0.2) is 40.8 Å². The molecule has 30 heavy (non-hydrogen) atoms. The van der Waals surface area contributed by atoms with Crippen molar-refractivity contribution in [2.45, 2.75) is 35.9 Å². The number of benzene rings is 1. The van der Waals surface area contributed by atoms with Crippen LogP contribution in [0, 0.1) is 17.7 Å². The number of carbonyl (C=O) groups excluding carboxylic acids is 3. The molecule has 2 heterocycles. The van der Waals surface area contributed by atoms with Crippen molar-refractivity contribution in [1.82, 2.24) is 15.1 Å². The minimum atomic E-state index is -0.921. The highest BCUT2D eigenvalue weighted by Crippen LogP contribution is 2.36. The Morgan fingerprint density at radius 1 is 1.20 bits per heavy atom. The second kappa shape index (κ2) is 8.65. The quantitative estimate of drug-likeness (QED) is 0.317. The first-order valence-electron chi connectivity index (χ1n) is 9.47. The maximum Gasteiger partial charge on any atom is 0.249 e. The first-order chi connectivity index (χ1) is 14.4. The Labute approximate surface area is 180 Å². The summed E-state index contributed by atoms with van der Waals surface area (Å²) >= 11 is 2.62. The minimum Gasteiger partial charge on any atom is -0.299 e. The molecule has 0 unspecified atom stereocenters. The van der Waals surface area contributed by atoms with E-state index in [2.05, 4.69) is 15.5 Å². The van der Waals surface area contributed by atoms with Crippen molar-refractivity contribution in [1.29, 1.82) is 0 Å². The van der Waals surface area contributed by atoms with E-state index in [1.165, 1.54) is 35.2 Å². The lowest BCUT2D eigenvalue weighted by Crippen LogP contribution is -2.46. The van der Waals surface area contributed by atoms with Crippen LogP contribution >= 0.6 is 23.1 Å². The highest BCUT2D eigenvalue weighted by molar-refractivity contribution is 8.00. The predicted molar refractivity (Wildman–Crippen MR) is 111 cm³/mol. The molecule has 7 nitrogen and oxygen atoms in total. The molecular weight excluding hydrogens is 427 g/mol. The SMILES string of the molecule is C[C@@H](C(=O)Nc1nnc(SCc2ccc(F)cc2)s1)N1C(=O)[C@H]2CC=CC[C@H]2C1=O. The van der Waals surface area contributed by atoms with E-state index >= 15 is 0 Å². The molecule has 0 saturated carbocycles. The van der Waals surface area contributed by atoms with Gasteiger partial charge in [0, 0.05) is 5.75 Å². The largest absolute Gasteiger partial charge is 0.299 e. The highest BCUT2D eigenvalue weighted by atomic mass is 32.2. The summed E-state index contributed by atoms with van der Waals surface area (Å²) in [4.78, 5) is 39.0. The molecule has 1 N–H and O–H groups in total. The number of allylic oxidation sites excluding steroid dienone is 2. The topological polar surface area (TPSA) is 92.3 Å². The maximum atomic E-state index is 13.0. The first kappa shape index (κ1) is 20.7. The molecule has 4 rings (SSSR count). The van der Waals surface area contributed by atoms with E-state index in [0.29, 0.717) is 28.1 Å². The molecule has 1 saturated heterocycles. The number of anilines is 1. The normalized spacial score (nSPS) is 21.6. The molecule has 0 radical (unpaired) electrons. The van der Waals surface area contributed by atoms with E-state index in [4.69, 9.17) is 0 Å². The second-order valence-electron chi connectivity index (χ2n) is 7.16. The van der Waals surface area contributed by atoms with Gasteiger partial charge in [-0.3, -0.25) is 24.6 Å². The van der Waals surface area contributed by atoms with Gasteiger partial charge in [0.1, 0.15) is 11.9 Å². The van der Waals surface area contributed by atoms with Gasteiger partial charge in [-0.05, 0) is 37.5 Å². The van der Waals surface area contributed by atoms with E-state index in [0.717, 1.165) is 10.5 Å². The minimum absolute atomic E-state index is 0.287. The zero-order chi connectivity index (χ0) is 21.3. The monoisotopic (exact) mass is 446 g/mol. The van der Waals surface area contributed by atoms with Crippen molar-refractivity contribution in [2.24, 2.45) is 11.8 Å². The Morgan fingerprint density at radius 3 is 2.47 bits per heavy atom. The molecule has 156 valence electrons. The number of amides is 3. The summed E-state index contributed by atoms with van der Waals surface area (Å²) in [5, 5.41) is 10.9. The van der Waals surface area contributed by atoms with Crippen molar-refractivity contribution in [3.8, 4) is 0 Å². The lowest BCUT2D eigenvalue weighted by atomic mass is 9.85. The van der Waals surface area contributed by atoms with Crippen LogP contribution in [0.3, 0.4) is 0 Å². The number of likely N-dealkylation sites (tertiary alicyclic amines) is 1. The fourth-order valence-electron chi connectivity index (χ4n) is 3.58. The summed E-state index contributed by atoms with van der Waals surface area (Å²) in [6.45, 7) is 1.54. The summed E-state index contributed by atoms with van der Waals surface area (Å²) < 4.78 is 13.6. The Kier molecular flexibility index (Phi) is 5.96. The van der Waals surface area contributed by atoms with Gasteiger partial charge in [0.15, 0.2) is 4.34 Å². The summed E-state index contributed by atoms with van der Waals surface area (Å²) in [6.07, 6.45) is 4.89. The molecular formula is C20H19FN4O3S2. The standard InChI is InChI=1S/C20H19FN4O3S2/c1-11(25-17(27)14-4-2-3-5-15(14)18(25)28)16(26)22-19-23-24-20(30-19)29-10-12-6-8-13(21)9-7-12/h2-3,6-9,11,14-15H,4-5,10H2,1H3,(H,22,23,26)/t11-,14-,15+/m0/s1. The van der Waals surface area contributed by atoms with Gasteiger partial charge in [0.2, 0.25) is 22.9 Å². The maximum absolute atomic E-state index is 13.0. The number of hydrogen-bond donors (Lipinski definition) is 1. The fraction of sp³-hybridized carbons (Fsp3) is 0.350. The molecule has 1 fully saturated rings. The number of aromatic nitrogens is 2. The van der Waals surface area contributed by atoms with Gasteiger partial charge in [-0.2, -0.15) is 0 Å². The third-order valence-corrected chi connectivity index (χ3v) is 7.26. The summed E-state index contributed by atoms with van der Waals surface area (Å²) in [5.74, 6) is -1.48. The van der Waals surface area contributed by atoms with Gasteiger partial charge in [-0.1, -0.05) is 47.4 Å². The molecule has 0 bridgehead atoms. The van der Waals surface area contributed by atoms with Crippen LogP contribution in [-0.4, -0.2) is 38.9 Å². The Hall–Kier alpha value is -2.59. The lowest BCUT2D eigenvalue weighted by molar-refractivity contribution is -0.146. The predicted octanol–water partition coefficient (Wildman–Crippen LogP) is 3.25. The Bertz CT molecular complexity index is 982. The van der Waals surface area contributed by atoms with Crippen molar-refractivity contribution in [3.63, 3.8) is 0 Å². The molecule has 10 heteroatoms. The summed E-state index contributed by atoms with van der Waals surface area (Å²) in [6, 6.07) is 5.28. The van der Waals surface area contributed by atoms with Gasteiger partial charge >= 0.3 is 0 Å². The van der Waals surface area contributed by atoms with Gasteiger partial charge in [-0.15, -0.1) is 10.2 Å². The van der Waals surface area contributed by atoms with Crippen LogP contribution in [0.1, 0.15) is 25.3 Å². The fourth-order valence-corrected chi connectivity index (χ4v) is 5.29. The van der Waals surface area contributed by atoms with Crippen LogP contribution in [0.4, 0.5) is 9.52 Å². The number of hydrogen-bond acceptors (Lipinski definition) is 7. The summed E-state index contributed by atoms with van der Waals surface area (Å²) in [7, 11) is 0. The molecule has 1 aliphatic heterocycles. The zero-order valence-corrected chi connectivity index (χ0v) is 17.7. The molecule has 1 aromatic heterocycles. The number of halogens is 1. The van der Waals surface area contributed by atoms with Gasteiger partial charge < -0.3 is 0 Å². The number of thioether (sulfide) groups is 1. The molecule has 2 aliphatic rings. The first-order valence-corrected chi connectivity index (χ1v) is 11.3. The molecule has 1 aromatic carbocycles. The Morgan fingerprint density at radius 2 is 1.83 bits per heavy atom. The summed E-state index contributed by atoms with van der Waals surface area (Å²) in [5.41, 5.74) is 0.942. The van der Waals surface area contributed by atoms with E-state index < -0.39 is 11.9 Å². The number of rotatable bonds is 6. The Balaban J connectivity index is 1.35. The van der Waals surface area contributed by atoms with E-state index in [9.17, 15) is 18.8 Å². The number of imide groups is 1. The van der Waals surface area contributed by atoms with Crippen LogP contribution < -0.4 is 5.32 Å². The van der Waals surface area contributed by atoms with Crippen molar-refractivity contribution >= 4 is 46.0 Å². The van der Waals surface area contributed by atoms with Crippen molar-refractivity contribution in [2.75, 3.05) is 5.32 Å². The van der Waals surface area contributed by atoms with Crippen LogP contribution in [0.5, 0.6) is 0 Å². The van der Waals surface area contributed by atoms with E-state index in [-0.39, 0.29) is 29.5 Å². The second-order valence-corrected chi connectivity index (χ2v) is 9.36. The highest BCUT2D eigenvalue weighted by Gasteiger charge is 2.50. The smallest absolute Gasteiger partial charge is 0.249 e. The molecule has 2 aromatic rings. The molecule has 3 amide bonds.